The summed E-state index contributed by atoms with van der Waals surface area (Å²) in [6, 6.07) is 7.06. The third-order valence-electron chi connectivity index (χ3n) is 3.16. The maximum atomic E-state index is 12.2. The van der Waals surface area contributed by atoms with Crippen molar-refractivity contribution in [2.75, 3.05) is 7.11 Å². The molecule has 0 saturated heterocycles. The summed E-state index contributed by atoms with van der Waals surface area (Å²) < 4.78 is 31.8. The number of ether oxygens (including phenoxy) is 1. The zero-order valence-electron chi connectivity index (χ0n) is 12.5. The smallest absolute Gasteiger partial charge is 0.273 e. The Morgan fingerprint density at radius 2 is 2.04 bits per heavy atom. The number of pyridine rings is 1. The fraction of sp³-hybridized carbons (Fsp3) is 0.214. The fourth-order valence-corrected chi connectivity index (χ4v) is 2.89. The van der Waals surface area contributed by atoms with Gasteiger partial charge in [-0.05, 0) is 18.6 Å². The molecule has 1 N–H and O–H groups in total. The molecule has 0 saturated carbocycles. The van der Waals surface area contributed by atoms with Crippen molar-refractivity contribution in [1.82, 2.24) is 9.71 Å². The first kappa shape index (κ1) is 16.8. The molecule has 23 heavy (non-hydrogen) atoms. The van der Waals surface area contributed by atoms with Gasteiger partial charge in [0.25, 0.3) is 5.69 Å². The van der Waals surface area contributed by atoms with Gasteiger partial charge >= 0.3 is 0 Å². The molecule has 9 heteroatoms. The van der Waals surface area contributed by atoms with Crippen LogP contribution in [-0.2, 0) is 16.6 Å². The van der Waals surface area contributed by atoms with Gasteiger partial charge in [0.15, 0.2) is 0 Å². The lowest BCUT2D eigenvalue weighted by atomic mass is 10.2. The Balaban J connectivity index is 2.18. The zero-order valence-corrected chi connectivity index (χ0v) is 13.3. The van der Waals surface area contributed by atoms with E-state index in [-0.39, 0.29) is 17.1 Å². The van der Waals surface area contributed by atoms with Crippen LogP contribution in [0.25, 0.3) is 0 Å². The second-order valence-corrected chi connectivity index (χ2v) is 6.51. The molecule has 1 aromatic carbocycles. The number of aromatic nitrogens is 1. The lowest BCUT2D eigenvalue weighted by Crippen LogP contribution is -2.23. The molecule has 2 aromatic rings. The molecule has 2 rings (SSSR count). The van der Waals surface area contributed by atoms with Crippen LogP contribution < -0.4 is 9.46 Å². The summed E-state index contributed by atoms with van der Waals surface area (Å²) in [6.45, 7) is 1.56. The predicted octanol–water partition coefficient (Wildman–Crippen LogP) is 1.79. The summed E-state index contributed by atoms with van der Waals surface area (Å²) in [6.07, 6.45) is 1.49. The number of hydrogen-bond acceptors (Lipinski definition) is 6. The molecule has 0 fully saturated rings. The minimum atomic E-state index is -3.86. The molecule has 0 aliphatic carbocycles. The van der Waals surface area contributed by atoms with Crippen LogP contribution in [0.1, 0.15) is 11.1 Å². The summed E-state index contributed by atoms with van der Waals surface area (Å²) in [5.74, 6) is 0.422. The number of nitro benzene ring substituents is 1. The second-order valence-electron chi connectivity index (χ2n) is 4.74. The van der Waals surface area contributed by atoms with Crippen molar-refractivity contribution in [3.63, 3.8) is 0 Å². The Labute approximate surface area is 133 Å². The molecule has 0 unspecified atom stereocenters. The number of rotatable bonds is 6. The molecule has 1 aromatic heterocycles. The Kier molecular flexibility index (Phi) is 4.92. The Bertz CT molecular complexity index is 819. The van der Waals surface area contributed by atoms with E-state index >= 15 is 0 Å². The molecule has 0 amide bonds. The van der Waals surface area contributed by atoms with E-state index in [4.69, 9.17) is 4.74 Å². The minimum absolute atomic E-state index is 0.0149. The number of aryl methyl sites for hydroxylation is 1. The van der Waals surface area contributed by atoms with Crippen LogP contribution in [0.5, 0.6) is 5.88 Å². The van der Waals surface area contributed by atoms with Crippen molar-refractivity contribution >= 4 is 15.7 Å². The summed E-state index contributed by atoms with van der Waals surface area (Å²) >= 11 is 0. The molecule has 0 aliphatic rings. The third-order valence-corrected chi connectivity index (χ3v) is 4.56. The highest BCUT2D eigenvalue weighted by molar-refractivity contribution is 7.89. The number of methoxy groups -OCH3 is 1. The van der Waals surface area contributed by atoms with Gasteiger partial charge in [-0.25, -0.2) is 18.1 Å². The van der Waals surface area contributed by atoms with Gasteiger partial charge in [-0.3, -0.25) is 10.1 Å². The minimum Gasteiger partial charge on any atom is -0.481 e. The van der Waals surface area contributed by atoms with Crippen LogP contribution in [0.4, 0.5) is 5.69 Å². The number of benzene rings is 1. The van der Waals surface area contributed by atoms with Crippen molar-refractivity contribution in [3.05, 3.63) is 57.8 Å². The molecule has 0 spiro atoms. The van der Waals surface area contributed by atoms with Crippen LogP contribution in [0, 0.1) is 17.0 Å². The van der Waals surface area contributed by atoms with Crippen LogP contribution >= 0.6 is 0 Å². The van der Waals surface area contributed by atoms with E-state index in [1.54, 1.807) is 19.1 Å². The van der Waals surface area contributed by atoms with Gasteiger partial charge in [0.1, 0.15) is 0 Å². The fourth-order valence-electron chi connectivity index (χ4n) is 1.85. The number of hydrogen-bond donors (Lipinski definition) is 1. The highest BCUT2D eigenvalue weighted by Crippen LogP contribution is 2.22. The normalized spacial score (nSPS) is 11.2. The predicted molar refractivity (Wildman–Crippen MR) is 82.6 cm³/mol. The summed E-state index contributed by atoms with van der Waals surface area (Å²) in [5.41, 5.74) is 0.795. The van der Waals surface area contributed by atoms with Crippen molar-refractivity contribution in [1.29, 1.82) is 0 Å². The van der Waals surface area contributed by atoms with Crippen LogP contribution in [0.15, 0.2) is 41.4 Å². The molecule has 0 atom stereocenters. The number of sulfonamides is 1. The SMILES string of the molecule is COc1ccc(CNS(=O)(=O)c2ccc(C)c([N+](=O)[O-])c2)cn1. The molecule has 0 radical (unpaired) electrons. The highest BCUT2D eigenvalue weighted by atomic mass is 32.2. The van der Waals surface area contributed by atoms with Crippen molar-refractivity contribution in [2.24, 2.45) is 0 Å². The standard InChI is InChI=1S/C14H15N3O5S/c1-10-3-5-12(7-13(10)17(18)19)23(20,21)16-9-11-4-6-14(22-2)15-8-11/h3-8,16H,9H2,1-2H3. The lowest BCUT2D eigenvalue weighted by Gasteiger charge is -2.08. The Morgan fingerprint density at radius 3 is 2.61 bits per heavy atom. The molecule has 122 valence electrons. The van der Waals surface area contributed by atoms with Crippen LogP contribution in [0.3, 0.4) is 0 Å². The van der Waals surface area contributed by atoms with Crippen LogP contribution in [-0.4, -0.2) is 25.4 Å². The summed E-state index contributed by atoms with van der Waals surface area (Å²) in [4.78, 5) is 14.1. The first-order valence-corrected chi connectivity index (χ1v) is 8.05. The van der Waals surface area contributed by atoms with E-state index in [1.807, 2.05) is 0 Å². The van der Waals surface area contributed by atoms with Gasteiger partial charge in [0.2, 0.25) is 15.9 Å². The quantitative estimate of drug-likeness (QED) is 0.635. The van der Waals surface area contributed by atoms with Gasteiger partial charge in [0, 0.05) is 30.4 Å². The van der Waals surface area contributed by atoms with Crippen molar-refractivity contribution in [3.8, 4) is 5.88 Å². The second kappa shape index (κ2) is 6.71. The highest BCUT2D eigenvalue weighted by Gasteiger charge is 2.19. The maximum Gasteiger partial charge on any atom is 0.273 e. The molecule has 8 nitrogen and oxygen atoms in total. The number of nitrogens with one attached hydrogen (secondary N) is 1. The van der Waals surface area contributed by atoms with Gasteiger partial charge in [-0.2, -0.15) is 0 Å². The van der Waals surface area contributed by atoms with Gasteiger partial charge < -0.3 is 4.74 Å². The topological polar surface area (TPSA) is 111 Å². The van der Waals surface area contributed by atoms with E-state index in [9.17, 15) is 18.5 Å². The third kappa shape index (κ3) is 4.02. The van der Waals surface area contributed by atoms with E-state index in [0.717, 1.165) is 6.07 Å². The Hall–Kier alpha value is -2.52. The van der Waals surface area contributed by atoms with Gasteiger partial charge in [0.05, 0.1) is 16.9 Å². The van der Waals surface area contributed by atoms with E-state index in [1.165, 1.54) is 25.4 Å². The average Bonchev–Trinajstić information content (AvgIpc) is 2.53. The first-order valence-electron chi connectivity index (χ1n) is 6.57. The number of nitro groups is 1. The molecule has 1 heterocycles. The van der Waals surface area contributed by atoms with Crippen molar-refractivity contribution < 1.29 is 18.1 Å². The van der Waals surface area contributed by atoms with E-state index in [0.29, 0.717) is 17.0 Å². The van der Waals surface area contributed by atoms with Crippen LogP contribution in [0.2, 0.25) is 0 Å². The molecular formula is C14H15N3O5S. The lowest BCUT2D eigenvalue weighted by molar-refractivity contribution is -0.385. The largest absolute Gasteiger partial charge is 0.481 e. The van der Waals surface area contributed by atoms with E-state index in [2.05, 4.69) is 9.71 Å². The average molecular weight is 337 g/mol. The van der Waals surface area contributed by atoms with Gasteiger partial charge in [-0.1, -0.05) is 12.1 Å². The summed E-state index contributed by atoms with van der Waals surface area (Å²) in [5, 5.41) is 10.9. The first-order chi connectivity index (χ1) is 10.8. The zero-order chi connectivity index (χ0) is 17.0. The van der Waals surface area contributed by atoms with Gasteiger partial charge in [-0.15, -0.1) is 0 Å². The molecule has 0 aliphatic heterocycles. The molecular weight excluding hydrogens is 322 g/mol. The number of nitrogens with zero attached hydrogens (tertiary/aromatic N) is 2. The molecule has 0 bridgehead atoms. The summed E-state index contributed by atoms with van der Waals surface area (Å²) in [7, 11) is -2.38. The van der Waals surface area contributed by atoms with E-state index < -0.39 is 14.9 Å². The monoisotopic (exact) mass is 337 g/mol. The maximum absolute atomic E-state index is 12.2. The van der Waals surface area contributed by atoms with Crippen molar-refractivity contribution in [2.45, 2.75) is 18.4 Å². The Morgan fingerprint density at radius 1 is 1.30 bits per heavy atom.